The molecule has 0 unspecified atom stereocenters. The first-order chi connectivity index (χ1) is 12.2. The number of likely N-dealkylation sites (tertiary alicyclic amines) is 1. The summed E-state index contributed by atoms with van der Waals surface area (Å²) < 4.78 is 2.31. The van der Waals surface area contributed by atoms with Crippen molar-refractivity contribution in [1.82, 2.24) is 14.5 Å². The van der Waals surface area contributed by atoms with Gasteiger partial charge in [0.05, 0.1) is 17.1 Å². The van der Waals surface area contributed by atoms with E-state index in [1.54, 1.807) is 6.92 Å². The largest absolute Gasteiger partial charge is 0.333 e. The molecule has 1 aromatic heterocycles. The van der Waals surface area contributed by atoms with Crippen molar-refractivity contribution in [3.8, 4) is 0 Å². The van der Waals surface area contributed by atoms with Gasteiger partial charge in [0.25, 0.3) is 0 Å². The Morgan fingerprint density at radius 2 is 1.88 bits per heavy atom. The van der Waals surface area contributed by atoms with Gasteiger partial charge in [-0.25, -0.2) is 4.98 Å². The Kier molecular flexibility index (Phi) is 4.26. The molecule has 0 saturated carbocycles. The maximum Gasteiger partial charge on any atom is 0.220 e. The smallest absolute Gasteiger partial charge is 0.220 e. The maximum absolute atomic E-state index is 12.0. The van der Waals surface area contributed by atoms with Gasteiger partial charge in [0.2, 0.25) is 5.91 Å². The molecule has 2 aromatic carbocycles. The molecular weight excluding hydrogens is 310 g/mol. The fourth-order valence-corrected chi connectivity index (χ4v) is 3.88. The highest BCUT2D eigenvalue weighted by molar-refractivity contribution is 5.77. The zero-order chi connectivity index (χ0) is 17.2. The second kappa shape index (κ2) is 6.71. The molecule has 4 heteroatoms. The number of hydrogen-bond donors (Lipinski definition) is 0. The fraction of sp³-hybridized carbons (Fsp3) is 0.333. The molecule has 0 N–H and O–H groups in total. The van der Waals surface area contributed by atoms with Crippen LogP contribution in [0.2, 0.25) is 0 Å². The molecule has 0 spiro atoms. The van der Waals surface area contributed by atoms with Crippen LogP contribution in [0.1, 0.15) is 37.2 Å². The second-order valence-corrected chi connectivity index (χ2v) is 6.72. The number of carbonyl (C=O) groups is 1. The van der Waals surface area contributed by atoms with Gasteiger partial charge in [0.15, 0.2) is 0 Å². The summed E-state index contributed by atoms with van der Waals surface area (Å²) in [4.78, 5) is 18.9. The number of aromatic nitrogens is 2. The predicted octanol–water partition coefficient (Wildman–Crippen LogP) is 3.96. The summed E-state index contributed by atoms with van der Waals surface area (Å²) in [7, 11) is 0. The van der Waals surface area contributed by atoms with Crippen LogP contribution in [0.25, 0.3) is 11.0 Å². The molecule has 0 aliphatic carbocycles. The third kappa shape index (κ3) is 3.04. The Morgan fingerprint density at radius 3 is 2.68 bits per heavy atom. The number of aryl methyl sites for hydroxylation is 2. The van der Waals surface area contributed by atoms with Gasteiger partial charge < -0.3 is 9.47 Å². The summed E-state index contributed by atoms with van der Waals surface area (Å²) in [5, 5.41) is 0. The van der Waals surface area contributed by atoms with Gasteiger partial charge in [-0.3, -0.25) is 4.79 Å². The minimum absolute atomic E-state index is 0.0978. The van der Waals surface area contributed by atoms with Crippen LogP contribution in [-0.2, 0) is 17.8 Å². The molecule has 1 aliphatic rings. The highest BCUT2D eigenvalue weighted by atomic mass is 16.2. The van der Waals surface area contributed by atoms with E-state index in [9.17, 15) is 4.79 Å². The van der Waals surface area contributed by atoms with Gasteiger partial charge in [-0.2, -0.15) is 0 Å². The number of benzene rings is 2. The lowest BCUT2D eigenvalue weighted by Crippen LogP contribution is -2.30. The molecule has 4 rings (SSSR count). The topological polar surface area (TPSA) is 38.1 Å². The highest BCUT2D eigenvalue weighted by Gasteiger charge is 2.31. The van der Waals surface area contributed by atoms with Crippen LogP contribution in [0.4, 0.5) is 0 Å². The number of hydrogen-bond acceptors (Lipinski definition) is 2. The molecule has 0 bridgehead atoms. The van der Waals surface area contributed by atoms with E-state index in [0.29, 0.717) is 0 Å². The first kappa shape index (κ1) is 15.9. The van der Waals surface area contributed by atoms with Crippen molar-refractivity contribution in [3.63, 3.8) is 0 Å². The first-order valence-electron chi connectivity index (χ1n) is 9.00. The van der Waals surface area contributed by atoms with E-state index in [2.05, 4.69) is 47.0 Å². The Morgan fingerprint density at radius 1 is 1.12 bits per heavy atom. The van der Waals surface area contributed by atoms with Gasteiger partial charge in [-0.05, 0) is 37.0 Å². The lowest BCUT2D eigenvalue weighted by atomic mass is 10.1. The Balaban J connectivity index is 1.72. The summed E-state index contributed by atoms with van der Waals surface area (Å²) >= 11 is 0. The van der Waals surface area contributed by atoms with Crippen molar-refractivity contribution in [2.24, 2.45) is 0 Å². The van der Waals surface area contributed by atoms with Crippen molar-refractivity contribution in [1.29, 1.82) is 0 Å². The second-order valence-electron chi connectivity index (χ2n) is 6.72. The zero-order valence-corrected chi connectivity index (χ0v) is 14.6. The Hall–Kier alpha value is -2.62. The van der Waals surface area contributed by atoms with E-state index in [4.69, 9.17) is 4.98 Å². The Bertz CT molecular complexity index is 885. The molecule has 128 valence electrons. The van der Waals surface area contributed by atoms with E-state index >= 15 is 0 Å². The number of para-hydroxylation sites is 2. The summed E-state index contributed by atoms with van der Waals surface area (Å²) in [5.41, 5.74) is 3.49. The van der Waals surface area contributed by atoms with Crippen LogP contribution in [0.15, 0.2) is 54.6 Å². The average Bonchev–Trinajstić information content (AvgIpc) is 3.25. The molecule has 1 atom stereocenters. The van der Waals surface area contributed by atoms with Crippen molar-refractivity contribution in [2.75, 3.05) is 6.54 Å². The molecule has 3 aromatic rings. The van der Waals surface area contributed by atoms with Gasteiger partial charge in [0.1, 0.15) is 5.82 Å². The van der Waals surface area contributed by atoms with Gasteiger partial charge in [0, 0.05) is 20.0 Å². The van der Waals surface area contributed by atoms with E-state index in [-0.39, 0.29) is 11.9 Å². The Labute approximate surface area is 148 Å². The van der Waals surface area contributed by atoms with Crippen molar-refractivity contribution in [3.05, 3.63) is 66.0 Å². The average molecular weight is 333 g/mol. The molecule has 25 heavy (non-hydrogen) atoms. The van der Waals surface area contributed by atoms with Crippen LogP contribution >= 0.6 is 0 Å². The van der Waals surface area contributed by atoms with Crippen molar-refractivity contribution in [2.45, 2.75) is 38.8 Å². The number of carbonyl (C=O) groups excluding carboxylic acids is 1. The van der Waals surface area contributed by atoms with Crippen LogP contribution in [-0.4, -0.2) is 26.9 Å². The molecule has 1 aliphatic heterocycles. The van der Waals surface area contributed by atoms with Crippen LogP contribution in [0.3, 0.4) is 0 Å². The maximum atomic E-state index is 12.0. The van der Waals surface area contributed by atoms with Crippen LogP contribution in [0, 0.1) is 0 Å². The predicted molar refractivity (Wildman–Crippen MR) is 99.2 cm³/mol. The molecule has 2 heterocycles. The molecule has 0 radical (unpaired) electrons. The minimum Gasteiger partial charge on any atom is -0.333 e. The highest BCUT2D eigenvalue weighted by Crippen LogP contribution is 2.33. The lowest BCUT2D eigenvalue weighted by Gasteiger charge is -2.24. The monoisotopic (exact) mass is 333 g/mol. The van der Waals surface area contributed by atoms with Crippen molar-refractivity contribution >= 4 is 16.9 Å². The quantitative estimate of drug-likeness (QED) is 0.725. The van der Waals surface area contributed by atoms with Gasteiger partial charge in [-0.1, -0.05) is 42.5 Å². The summed E-state index contributed by atoms with van der Waals surface area (Å²) in [6.45, 7) is 3.37. The number of nitrogens with zero attached hydrogens (tertiary/aromatic N) is 3. The minimum atomic E-state index is 0.0978. The molecule has 1 fully saturated rings. The molecule has 1 amide bonds. The van der Waals surface area contributed by atoms with E-state index in [1.807, 2.05) is 17.0 Å². The molecule has 4 nitrogen and oxygen atoms in total. The fourth-order valence-electron chi connectivity index (χ4n) is 3.88. The van der Waals surface area contributed by atoms with Crippen molar-refractivity contribution < 1.29 is 4.79 Å². The standard InChI is InChI=1S/C21H23N3O/c1-16(25)23-14-7-12-20(23)21-22-18-10-5-6-11-19(18)24(21)15-13-17-8-3-2-4-9-17/h2-6,8-11,20H,7,12-15H2,1H3/t20-/m0/s1. The normalized spacial score (nSPS) is 17.3. The van der Waals surface area contributed by atoms with E-state index < -0.39 is 0 Å². The third-order valence-corrected chi connectivity index (χ3v) is 5.11. The number of fused-ring (bicyclic) bond motifs is 1. The summed E-state index contributed by atoms with van der Waals surface area (Å²) in [5.74, 6) is 1.17. The van der Waals surface area contributed by atoms with Gasteiger partial charge in [-0.15, -0.1) is 0 Å². The number of amides is 1. The molecular formula is C21H23N3O. The van der Waals surface area contributed by atoms with E-state index in [1.165, 1.54) is 5.56 Å². The summed E-state index contributed by atoms with van der Waals surface area (Å²) in [6, 6.07) is 18.9. The summed E-state index contributed by atoms with van der Waals surface area (Å²) in [6.07, 6.45) is 3.00. The lowest BCUT2D eigenvalue weighted by molar-refractivity contribution is -0.129. The van der Waals surface area contributed by atoms with Crippen LogP contribution in [0.5, 0.6) is 0 Å². The first-order valence-corrected chi connectivity index (χ1v) is 9.00. The third-order valence-electron chi connectivity index (χ3n) is 5.11. The zero-order valence-electron chi connectivity index (χ0n) is 14.6. The SMILES string of the molecule is CC(=O)N1CCC[C@H]1c1nc2ccccc2n1CCc1ccccc1. The van der Waals surface area contributed by atoms with Crippen LogP contribution < -0.4 is 0 Å². The van der Waals surface area contributed by atoms with E-state index in [0.717, 1.165) is 49.2 Å². The number of imidazole rings is 1. The van der Waals surface area contributed by atoms with Gasteiger partial charge >= 0.3 is 0 Å². The number of rotatable bonds is 4. The molecule has 1 saturated heterocycles.